The van der Waals surface area contributed by atoms with Crippen LogP contribution in [0, 0.1) is 0 Å². The van der Waals surface area contributed by atoms with Crippen LogP contribution in [0.4, 0.5) is 17.1 Å². The van der Waals surface area contributed by atoms with Gasteiger partial charge in [-0.05, 0) is 90.2 Å². The van der Waals surface area contributed by atoms with Crippen molar-refractivity contribution >= 4 is 91.7 Å². The second kappa shape index (κ2) is 12.4. The van der Waals surface area contributed by atoms with Crippen LogP contribution >= 0.6 is 11.3 Å². The zero-order chi connectivity index (χ0) is 39.1. The Morgan fingerprint density at radius 2 is 0.889 bits per heavy atom. The molecule has 54 heavy (non-hydrogen) atoms. The van der Waals surface area contributed by atoms with E-state index in [9.17, 15) is 5.48 Å². The van der Waals surface area contributed by atoms with E-state index in [1.165, 1.54) is 0 Å². The number of nitrogens with zero attached hydrogens (tertiary/aromatic N) is 1. The summed E-state index contributed by atoms with van der Waals surface area (Å²) in [5.74, 6) is 0. The van der Waals surface area contributed by atoms with Crippen molar-refractivity contribution < 1.29 is 5.48 Å². The fraction of sp³-hybridized carbons (Fsp3) is 0. The molecule has 11 rings (SSSR count). The molecule has 2 heteroatoms. The van der Waals surface area contributed by atoms with E-state index in [2.05, 4.69) is 84.9 Å². The SMILES string of the molecule is [2H]c1c([2H])c(N(c2cc3ccccc3c3ccccc23)c2cccc3c2sc2ccccc23)c([2H])c([2H])c1-c1c(-c2ccccc2)c2ccccc2c2ccccc12. The summed E-state index contributed by atoms with van der Waals surface area (Å²) >= 11 is 1.68. The minimum atomic E-state index is -0.109. The number of rotatable bonds is 5. The summed E-state index contributed by atoms with van der Waals surface area (Å²) in [5.41, 5.74) is 4.59. The maximum absolute atomic E-state index is 10.1. The topological polar surface area (TPSA) is 3.24 Å². The van der Waals surface area contributed by atoms with Crippen LogP contribution in [0.2, 0.25) is 0 Å². The predicted octanol–water partition coefficient (Wildman–Crippen LogP) is 15.5. The second-order valence-electron chi connectivity index (χ2n) is 13.7. The number of benzene rings is 10. The Bertz CT molecular complexity index is 3440. The van der Waals surface area contributed by atoms with Gasteiger partial charge >= 0.3 is 0 Å². The standard InChI is InChI=1S/C52H33NS/c1-2-15-34(16-3-1)50-44-24-10-7-20-40(44)41-21-8-11-25-45(41)51(50)35-29-31-37(32-30-35)53(47-27-14-26-46-43-23-12-13-28-49(43)54-52(46)47)48-33-36-17-4-5-18-38(36)39-19-6-9-22-42(39)48/h1-33H/i29D,30D,31D,32D. The Morgan fingerprint density at radius 3 is 1.59 bits per heavy atom. The van der Waals surface area contributed by atoms with Crippen LogP contribution in [0.5, 0.6) is 0 Å². The van der Waals surface area contributed by atoms with Crippen molar-refractivity contribution in [3.63, 3.8) is 0 Å². The fourth-order valence-corrected chi connectivity index (χ4v) is 9.55. The van der Waals surface area contributed by atoms with Gasteiger partial charge in [0.1, 0.15) is 0 Å². The third-order valence-corrected chi connectivity index (χ3v) is 11.9. The Balaban J connectivity index is 1.28. The first-order valence-corrected chi connectivity index (χ1v) is 19.0. The summed E-state index contributed by atoms with van der Waals surface area (Å²) in [6, 6.07) is 59.4. The van der Waals surface area contributed by atoms with Crippen LogP contribution in [0.15, 0.2) is 200 Å². The van der Waals surface area contributed by atoms with E-state index in [1.807, 2.05) is 95.9 Å². The number of hydrogen-bond donors (Lipinski definition) is 0. The number of hydrogen-bond acceptors (Lipinski definition) is 2. The van der Waals surface area contributed by atoms with Gasteiger partial charge in [-0.25, -0.2) is 0 Å². The molecule has 10 aromatic carbocycles. The van der Waals surface area contributed by atoms with E-state index >= 15 is 0 Å². The molecule has 0 bridgehead atoms. The fourth-order valence-electron chi connectivity index (χ4n) is 8.35. The van der Waals surface area contributed by atoms with Crippen LogP contribution in [0.1, 0.15) is 5.48 Å². The quantitative estimate of drug-likeness (QED) is 0.161. The molecule has 0 unspecified atom stereocenters. The lowest BCUT2D eigenvalue weighted by molar-refractivity contribution is 1.32. The smallest absolute Gasteiger partial charge is 0.0645 e. The van der Waals surface area contributed by atoms with Gasteiger partial charge in [-0.15, -0.1) is 11.3 Å². The summed E-state index contributed by atoms with van der Waals surface area (Å²) in [4.78, 5) is 1.99. The minimum absolute atomic E-state index is 0.0905. The molecule has 1 heterocycles. The van der Waals surface area contributed by atoms with Gasteiger partial charge in [0.15, 0.2) is 0 Å². The van der Waals surface area contributed by atoms with Gasteiger partial charge in [-0.3, -0.25) is 0 Å². The van der Waals surface area contributed by atoms with Crippen LogP contribution < -0.4 is 4.90 Å². The van der Waals surface area contributed by atoms with Crippen molar-refractivity contribution in [3.05, 3.63) is 200 Å². The molecule has 0 aliphatic rings. The lowest BCUT2D eigenvalue weighted by atomic mass is 9.85. The first kappa shape index (κ1) is 26.9. The van der Waals surface area contributed by atoms with Crippen LogP contribution in [0.25, 0.3) is 85.5 Å². The number of anilines is 3. The van der Waals surface area contributed by atoms with Crippen LogP contribution in [-0.4, -0.2) is 0 Å². The highest BCUT2D eigenvalue weighted by Gasteiger charge is 2.22. The summed E-state index contributed by atoms with van der Waals surface area (Å²) in [5, 5.41) is 10.3. The Kier molecular flexibility index (Phi) is 6.21. The minimum Gasteiger partial charge on any atom is -0.308 e. The highest BCUT2D eigenvalue weighted by Crippen LogP contribution is 2.49. The van der Waals surface area contributed by atoms with Crippen molar-refractivity contribution in [1.29, 1.82) is 0 Å². The van der Waals surface area contributed by atoms with E-state index in [1.54, 1.807) is 11.3 Å². The molecular weight excluding hydrogens is 671 g/mol. The monoisotopic (exact) mass is 707 g/mol. The number of thiophene rings is 1. The molecule has 1 aromatic heterocycles. The molecule has 252 valence electrons. The molecule has 0 aliphatic heterocycles. The largest absolute Gasteiger partial charge is 0.308 e. The van der Waals surface area contributed by atoms with Gasteiger partial charge in [-0.2, -0.15) is 0 Å². The molecule has 0 atom stereocenters. The highest BCUT2D eigenvalue weighted by molar-refractivity contribution is 7.26. The van der Waals surface area contributed by atoms with E-state index in [0.717, 1.165) is 85.8 Å². The summed E-state index contributed by atoms with van der Waals surface area (Å²) < 4.78 is 42.3. The van der Waals surface area contributed by atoms with Gasteiger partial charge in [0.25, 0.3) is 0 Å². The third-order valence-electron chi connectivity index (χ3n) is 10.7. The highest BCUT2D eigenvalue weighted by atomic mass is 32.1. The molecule has 0 spiro atoms. The van der Waals surface area contributed by atoms with Gasteiger partial charge in [0.2, 0.25) is 0 Å². The zero-order valence-corrected chi connectivity index (χ0v) is 29.9. The molecule has 0 saturated heterocycles. The molecule has 0 N–H and O–H groups in total. The molecule has 1 nitrogen and oxygen atoms in total. The summed E-state index contributed by atoms with van der Waals surface area (Å²) in [6.07, 6.45) is 0. The Labute approximate surface area is 323 Å². The Hall–Kier alpha value is -6.74. The molecule has 0 amide bonds. The number of fused-ring (bicyclic) bond motifs is 9. The van der Waals surface area contributed by atoms with E-state index in [-0.39, 0.29) is 35.4 Å². The van der Waals surface area contributed by atoms with E-state index < -0.39 is 0 Å². The molecule has 0 fully saturated rings. The van der Waals surface area contributed by atoms with Crippen molar-refractivity contribution in [3.8, 4) is 22.3 Å². The maximum Gasteiger partial charge on any atom is 0.0645 e. The van der Waals surface area contributed by atoms with Crippen molar-refractivity contribution in [2.24, 2.45) is 0 Å². The third kappa shape index (κ3) is 4.78. The average molecular weight is 708 g/mol. The molecule has 11 aromatic rings. The van der Waals surface area contributed by atoms with Crippen molar-refractivity contribution in [2.75, 3.05) is 4.90 Å². The van der Waals surface area contributed by atoms with E-state index in [4.69, 9.17) is 0 Å². The molecule has 0 radical (unpaired) electrons. The lowest BCUT2D eigenvalue weighted by Crippen LogP contribution is -2.11. The molecule has 0 aliphatic carbocycles. The van der Waals surface area contributed by atoms with Crippen molar-refractivity contribution in [2.45, 2.75) is 0 Å². The molecular formula is C52H33NS. The maximum atomic E-state index is 10.1. The van der Waals surface area contributed by atoms with Gasteiger partial charge in [0, 0.05) is 26.5 Å². The second-order valence-corrected chi connectivity index (χ2v) is 14.7. The normalized spacial score (nSPS) is 12.7. The lowest BCUT2D eigenvalue weighted by Gasteiger charge is -2.28. The average Bonchev–Trinajstić information content (AvgIpc) is 3.67. The van der Waals surface area contributed by atoms with Gasteiger partial charge < -0.3 is 4.90 Å². The van der Waals surface area contributed by atoms with Gasteiger partial charge in [0.05, 0.1) is 21.6 Å². The Morgan fingerprint density at radius 1 is 0.370 bits per heavy atom. The summed E-state index contributed by atoms with van der Waals surface area (Å²) in [6.45, 7) is 0. The van der Waals surface area contributed by atoms with Crippen LogP contribution in [0.3, 0.4) is 0 Å². The first-order valence-electron chi connectivity index (χ1n) is 20.2. The predicted molar refractivity (Wildman–Crippen MR) is 235 cm³/mol. The summed E-state index contributed by atoms with van der Waals surface area (Å²) in [7, 11) is 0. The zero-order valence-electron chi connectivity index (χ0n) is 33.1. The van der Waals surface area contributed by atoms with Crippen molar-refractivity contribution in [1.82, 2.24) is 0 Å². The van der Waals surface area contributed by atoms with E-state index in [0.29, 0.717) is 5.56 Å². The first-order chi connectivity index (χ1) is 28.5. The molecule has 0 saturated carbocycles. The van der Waals surface area contributed by atoms with Gasteiger partial charge in [-0.1, -0.05) is 170 Å². The van der Waals surface area contributed by atoms with Crippen LogP contribution in [-0.2, 0) is 0 Å².